The quantitative estimate of drug-likeness (QED) is 0.895. The number of aryl methyl sites for hydroxylation is 1. The fourth-order valence-corrected chi connectivity index (χ4v) is 3.05. The van der Waals surface area contributed by atoms with Crippen molar-refractivity contribution in [2.75, 3.05) is 19.3 Å². The van der Waals surface area contributed by atoms with Crippen LogP contribution in [0, 0.1) is 6.92 Å². The predicted octanol–water partition coefficient (Wildman–Crippen LogP) is 1.32. The molecule has 1 fully saturated rings. The zero-order valence-corrected chi connectivity index (χ0v) is 11.3. The van der Waals surface area contributed by atoms with Crippen LogP contribution in [0.25, 0.3) is 0 Å². The zero-order chi connectivity index (χ0) is 13.1. The molecule has 2 amide bonds. The molecule has 0 spiro atoms. The van der Waals surface area contributed by atoms with E-state index in [2.05, 4.69) is 5.32 Å². The number of benzene rings is 1. The van der Waals surface area contributed by atoms with Crippen molar-refractivity contribution in [2.24, 2.45) is 0 Å². The molecule has 2 rings (SSSR count). The second kappa shape index (κ2) is 5.44. The van der Waals surface area contributed by atoms with Gasteiger partial charge < -0.3 is 10.2 Å². The number of carbonyl (C=O) groups is 2. The van der Waals surface area contributed by atoms with Crippen LogP contribution in [0.15, 0.2) is 24.3 Å². The van der Waals surface area contributed by atoms with E-state index in [4.69, 9.17) is 0 Å². The Morgan fingerprint density at radius 2 is 2.11 bits per heavy atom. The van der Waals surface area contributed by atoms with Gasteiger partial charge in [0, 0.05) is 7.05 Å². The van der Waals surface area contributed by atoms with Gasteiger partial charge in [-0.1, -0.05) is 29.8 Å². The summed E-state index contributed by atoms with van der Waals surface area (Å²) in [5, 5.41) is 2.51. The molecule has 1 atom stereocenters. The smallest absolute Gasteiger partial charge is 0.239 e. The minimum Gasteiger partial charge on any atom is -0.358 e. The molecule has 1 aliphatic rings. The van der Waals surface area contributed by atoms with Crippen molar-refractivity contribution in [3.05, 3.63) is 35.4 Å². The normalized spacial score (nSPS) is 19.1. The summed E-state index contributed by atoms with van der Waals surface area (Å²) in [5.41, 5.74) is 2.26. The summed E-state index contributed by atoms with van der Waals surface area (Å²) in [6, 6.07) is 8.08. The molecule has 1 N–H and O–H groups in total. The first kappa shape index (κ1) is 13.0. The highest BCUT2D eigenvalue weighted by Crippen LogP contribution is 2.38. The van der Waals surface area contributed by atoms with Crippen molar-refractivity contribution in [1.82, 2.24) is 10.2 Å². The molecule has 0 aromatic heterocycles. The molecule has 18 heavy (non-hydrogen) atoms. The Bertz CT molecular complexity index is 459. The first-order valence-corrected chi connectivity index (χ1v) is 6.85. The second-order valence-corrected chi connectivity index (χ2v) is 5.34. The van der Waals surface area contributed by atoms with Crippen molar-refractivity contribution in [1.29, 1.82) is 0 Å². The average molecular weight is 264 g/mol. The Hall–Kier alpha value is -1.49. The molecule has 1 aromatic carbocycles. The molecule has 0 aliphatic carbocycles. The van der Waals surface area contributed by atoms with Crippen LogP contribution in [0.4, 0.5) is 0 Å². The van der Waals surface area contributed by atoms with Gasteiger partial charge in [-0.2, -0.15) is 0 Å². The van der Waals surface area contributed by atoms with Crippen LogP contribution in [0.1, 0.15) is 16.5 Å². The summed E-state index contributed by atoms with van der Waals surface area (Å²) in [7, 11) is 1.58. The molecule has 0 saturated carbocycles. The topological polar surface area (TPSA) is 49.4 Å². The predicted molar refractivity (Wildman–Crippen MR) is 72.2 cm³/mol. The third-order valence-electron chi connectivity index (χ3n) is 2.92. The van der Waals surface area contributed by atoms with Crippen LogP contribution in [0.3, 0.4) is 0 Å². The number of hydrogen-bond donors (Lipinski definition) is 1. The molecular formula is C13H16N2O2S. The van der Waals surface area contributed by atoms with Crippen LogP contribution in [-0.2, 0) is 9.59 Å². The van der Waals surface area contributed by atoms with Crippen LogP contribution in [-0.4, -0.2) is 36.1 Å². The van der Waals surface area contributed by atoms with Crippen LogP contribution in [0.2, 0.25) is 0 Å². The Balaban J connectivity index is 2.18. The van der Waals surface area contributed by atoms with E-state index in [0.717, 1.165) is 5.56 Å². The van der Waals surface area contributed by atoms with E-state index >= 15 is 0 Å². The number of carbonyl (C=O) groups excluding carboxylic acids is 2. The minimum absolute atomic E-state index is 0.0224. The van der Waals surface area contributed by atoms with Crippen molar-refractivity contribution >= 4 is 23.6 Å². The van der Waals surface area contributed by atoms with E-state index in [0.29, 0.717) is 5.75 Å². The monoisotopic (exact) mass is 264 g/mol. The van der Waals surface area contributed by atoms with E-state index in [1.807, 2.05) is 31.2 Å². The number of likely N-dealkylation sites (N-methyl/N-ethyl adjacent to an activating group) is 1. The number of amides is 2. The number of thioether (sulfide) groups is 1. The molecule has 1 heterocycles. The maximum atomic E-state index is 11.8. The first-order chi connectivity index (χ1) is 8.61. The molecule has 0 unspecified atom stereocenters. The van der Waals surface area contributed by atoms with Crippen molar-refractivity contribution in [3.8, 4) is 0 Å². The zero-order valence-electron chi connectivity index (χ0n) is 10.5. The van der Waals surface area contributed by atoms with Gasteiger partial charge in [-0.15, -0.1) is 11.8 Å². The highest BCUT2D eigenvalue weighted by atomic mass is 32.2. The van der Waals surface area contributed by atoms with Gasteiger partial charge in [0.15, 0.2) is 0 Å². The van der Waals surface area contributed by atoms with E-state index in [1.54, 1.807) is 23.7 Å². The molecule has 1 aromatic rings. The van der Waals surface area contributed by atoms with E-state index < -0.39 is 0 Å². The second-order valence-electron chi connectivity index (χ2n) is 4.27. The van der Waals surface area contributed by atoms with E-state index in [9.17, 15) is 9.59 Å². The molecule has 5 heteroatoms. The number of nitrogens with zero attached hydrogens (tertiary/aromatic N) is 1. The number of nitrogens with one attached hydrogen (secondary N) is 1. The summed E-state index contributed by atoms with van der Waals surface area (Å²) in [6.45, 7) is 2.15. The fraction of sp³-hybridized carbons (Fsp3) is 0.385. The largest absolute Gasteiger partial charge is 0.358 e. The van der Waals surface area contributed by atoms with Crippen molar-refractivity contribution in [3.63, 3.8) is 0 Å². The average Bonchev–Trinajstić information content (AvgIpc) is 2.72. The summed E-state index contributed by atoms with van der Waals surface area (Å²) < 4.78 is 0. The highest BCUT2D eigenvalue weighted by molar-refractivity contribution is 8.00. The lowest BCUT2D eigenvalue weighted by Gasteiger charge is -2.23. The van der Waals surface area contributed by atoms with Gasteiger partial charge in [0.05, 0.1) is 5.75 Å². The fourth-order valence-electron chi connectivity index (χ4n) is 1.87. The minimum atomic E-state index is -0.136. The van der Waals surface area contributed by atoms with Crippen LogP contribution >= 0.6 is 11.8 Å². The molecule has 0 bridgehead atoms. The Labute approximate surface area is 111 Å². The van der Waals surface area contributed by atoms with Crippen molar-refractivity contribution < 1.29 is 9.59 Å². The maximum absolute atomic E-state index is 11.8. The summed E-state index contributed by atoms with van der Waals surface area (Å²) in [6.07, 6.45) is 0. The Kier molecular flexibility index (Phi) is 3.91. The molecule has 1 saturated heterocycles. The van der Waals surface area contributed by atoms with Crippen LogP contribution < -0.4 is 5.32 Å². The lowest BCUT2D eigenvalue weighted by Crippen LogP contribution is -2.37. The number of rotatable bonds is 3. The molecule has 0 radical (unpaired) electrons. The SMILES string of the molecule is CNC(=O)CN1C(=O)CS[C@H]1c1ccc(C)cc1. The third-order valence-corrected chi connectivity index (χ3v) is 4.18. The summed E-state index contributed by atoms with van der Waals surface area (Å²) in [4.78, 5) is 24.9. The number of hydrogen-bond acceptors (Lipinski definition) is 3. The van der Waals surface area contributed by atoms with Gasteiger partial charge in [-0.3, -0.25) is 9.59 Å². The summed E-state index contributed by atoms with van der Waals surface area (Å²) >= 11 is 1.57. The third kappa shape index (κ3) is 2.67. The van der Waals surface area contributed by atoms with E-state index in [1.165, 1.54) is 5.56 Å². The van der Waals surface area contributed by atoms with Crippen LogP contribution in [0.5, 0.6) is 0 Å². The first-order valence-electron chi connectivity index (χ1n) is 5.80. The van der Waals surface area contributed by atoms with Gasteiger partial charge in [0.25, 0.3) is 0 Å². The molecule has 1 aliphatic heterocycles. The van der Waals surface area contributed by atoms with Gasteiger partial charge in [0.1, 0.15) is 11.9 Å². The van der Waals surface area contributed by atoms with Gasteiger partial charge >= 0.3 is 0 Å². The van der Waals surface area contributed by atoms with Gasteiger partial charge in [-0.25, -0.2) is 0 Å². The highest BCUT2D eigenvalue weighted by Gasteiger charge is 2.33. The van der Waals surface area contributed by atoms with E-state index in [-0.39, 0.29) is 23.7 Å². The lowest BCUT2D eigenvalue weighted by molar-refractivity contribution is -0.133. The standard InChI is InChI=1S/C13H16N2O2S/c1-9-3-5-10(6-4-9)13-15(7-11(16)14-2)12(17)8-18-13/h3-6,13H,7-8H2,1-2H3,(H,14,16)/t13-/m0/s1. The summed E-state index contributed by atoms with van der Waals surface area (Å²) in [5.74, 6) is 0.326. The molecular weight excluding hydrogens is 248 g/mol. The van der Waals surface area contributed by atoms with Gasteiger partial charge in [-0.05, 0) is 12.5 Å². The molecule has 96 valence electrons. The molecule has 4 nitrogen and oxygen atoms in total. The van der Waals surface area contributed by atoms with Gasteiger partial charge in [0.2, 0.25) is 11.8 Å². The lowest BCUT2D eigenvalue weighted by atomic mass is 10.1. The maximum Gasteiger partial charge on any atom is 0.239 e. The Morgan fingerprint density at radius 1 is 1.44 bits per heavy atom. The van der Waals surface area contributed by atoms with Crippen molar-refractivity contribution in [2.45, 2.75) is 12.3 Å². The Morgan fingerprint density at radius 3 is 2.72 bits per heavy atom.